The number of nitrogens with one attached hydrogen (secondary N) is 2. The summed E-state index contributed by atoms with van der Waals surface area (Å²) in [6, 6.07) is 0. The van der Waals surface area contributed by atoms with Crippen molar-refractivity contribution >= 4 is 5.91 Å². The lowest BCUT2D eigenvalue weighted by Gasteiger charge is -2.16. The normalized spacial score (nSPS) is 11.4. The van der Waals surface area contributed by atoms with E-state index in [1.807, 2.05) is 20.8 Å². The summed E-state index contributed by atoms with van der Waals surface area (Å²) >= 11 is 0. The molecule has 1 heterocycles. The zero-order chi connectivity index (χ0) is 10.6. The molecule has 78 valence electrons. The van der Waals surface area contributed by atoms with Gasteiger partial charge in [-0.2, -0.15) is 5.21 Å². The molecule has 1 aromatic heterocycles. The molecule has 0 aliphatic heterocycles. The first-order chi connectivity index (χ1) is 6.50. The molecule has 0 aliphatic carbocycles. The van der Waals surface area contributed by atoms with Crippen LogP contribution in [0.2, 0.25) is 0 Å². The summed E-state index contributed by atoms with van der Waals surface area (Å²) in [4.78, 5) is 11.4. The van der Waals surface area contributed by atoms with Gasteiger partial charge in [0.15, 0.2) is 5.82 Å². The van der Waals surface area contributed by atoms with E-state index < -0.39 is 0 Å². The van der Waals surface area contributed by atoms with Gasteiger partial charge >= 0.3 is 0 Å². The van der Waals surface area contributed by atoms with Gasteiger partial charge in [0.2, 0.25) is 5.91 Å². The molecule has 0 fully saturated rings. The fourth-order valence-corrected chi connectivity index (χ4v) is 0.841. The molecule has 1 aromatic rings. The molecule has 14 heavy (non-hydrogen) atoms. The number of hydrogen-bond donors (Lipinski definition) is 2. The quantitative estimate of drug-likeness (QED) is 0.709. The number of H-pyrrole nitrogens is 1. The first-order valence-corrected chi connectivity index (χ1v) is 4.51. The fourth-order valence-electron chi connectivity index (χ4n) is 0.841. The second kappa shape index (κ2) is 4.17. The number of aromatic nitrogens is 4. The van der Waals surface area contributed by atoms with Gasteiger partial charge < -0.3 is 5.32 Å². The standard InChI is InChI=1S/C8H15N5O/c1-8(2,3)7(14)9-5-4-6-10-12-13-11-6/h4-5H2,1-3H3,(H,9,14)(H,10,11,12,13). The van der Waals surface area contributed by atoms with Crippen LogP contribution in [-0.4, -0.2) is 33.1 Å². The molecule has 0 bridgehead atoms. The average Bonchev–Trinajstić information content (AvgIpc) is 2.55. The van der Waals surface area contributed by atoms with Crippen molar-refractivity contribution in [1.82, 2.24) is 25.9 Å². The van der Waals surface area contributed by atoms with Crippen LogP contribution in [0.15, 0.2) is 0 Å². The fraction of sp³-hybridized carbons (Fsp3) is 0.750. The van der Waals surface area contributed by atoms with Gasteiger partial charge in [-0.25, -0.2) is 0 Å². The van der Waals surface area contributed by atoms with E-state index in [0.29, 0.717) is 18.8 Å². The molecule has 0 unspecified atom stereocenters. The zero-order valence-electron chi connectivity index (χ0n) is 8.66. The summed E-state index contributed by atoms with van der Waals surface area (Å²) in [5.41, 5.74) is -0.350. The van der Waals surface area contributed by atoms with E-state index in [1.54, 1.807) is 0 Å². The topological polar surface area (TPSA) is 83.6 Å². The van der Waals surface area contributed by atoms with Gasteiger partial charge in [0.25, 0.3) is 0 Å². The van der Waals surface area contributed by atoms with Crippen LogP contribution in [0.4, 0.5) is 0 Å². The minimum Gasteiger partial charge on any atom is -0.355 e. The molecule has 0 aliphatic rings. The van der Waals surface area contributed by atoms with Crippen molar-refractivity contribution in [2.45, 2.75) is 27.2 Å². The lowest BCUT2D eigenvalue weighted by atomic mass is 9.96. The highest BCUT2D eigenvalue weighted by Gasteiger charge is 2.20. The van der Waals surface area contributed by atoms with Gasteiger partial charge in [-0.1, -0.05) is 26.0 Å². The Morgan fingerprint density at radius 1 is 1.50 bits per heavy atom. The van der Waals surface area contributed by atoms with E-state index in [2.05, 4.69) is 25.9 Å². The van der Waals surface area contributed by atoms with Gasteiger partial charge in [0.05, 0.1) is 0 Å². The monoisotopic (exact) mass is 197 g/mol. The van der Waals surface area contributed by atoms with Crippen LogP contribution in [0.3, 0.4) is 0 Å². The SMILES string of the molecule is CC(C)(C)C(=O)NCCc1nn[nH]n1. The van der Waals surface area contributed by atoms with Crippen LogP contribution >= 0.6 is 0 Å². The predicted molar refractivity (Wildman–Crippen MR) is 50.3 cm³/mol. The van der Waals surface area contributed by atoms with E-state index in [-0.39, 0.29) is 11.3 Å². The zero-order valence-corrected chi connectivity index (χ0v) is 8.66. The minimum absolute atomic E-state index is 0.0287. The van der Waals surface area contributed by atoms with Crippen LogP contribution in [-0.2, 0) is 11.2 Å². The molecular formula is C8H15N5O. The highest BCUT2D eigenvalue weighted by Crippen LogP contribution is 2.11. The molecule has 0 atom stereocenters. The summed E-state index contributed by atoms with van der Waals surface area (Å²) in [6.45, 7) is 6.15. The number of amides is 1. The Hall–Kier alpha value is -1.46. The number of carbonyl (C=O) groups excluding carboxylic acids is 1. The number of carbonyl (C=O) groups is 1. The molecule has 2 N–H and O–H groups in total. The predicted octanol–water partition coefficient (Wildman–Crippen LogP) is -0.0955. The Morgan fingerprint density at radius 3 is 2.71 bits per heavy atom. The van der Waals surface area contributed by atoms with Crippen molar-refractivity contribution in [3.63, 3.8) is 0 Å². The summed E-state index contributed by atoms with van der Waals surface area (Å²) in [5.74, 6) is 0.639. The lowest BCUT2D eigenvalue weighted by molar-refractivity contribution is -0.128. The number of aromatic amines is 1. The second-order valence-corrected chi connectivity index (χ2v) is 4.08. The smallest absolute Gasteiger partial charge is 0.225 e. The third-order valence-electron chi connectivity index (χ3n) is 1.70. The number of nitrogens with zero attached hydrogens (tertiary/aromatic N) is 3. The molecule has 6 nitrogen and oxygen atoms in total. The van der Waals surface area contributed by atoms with Crippen LogP contribution < -0.4 is 5.32 Å². The first kappa shape index (κ1) is 10.6. The third-order valence-corrected chi connectivity index (χ3v) is 1.70. The molecule has 0 saturated heterocycles. The largest absolute Gasteiger partial charge is 0.355 e. The van der Waals surface area contributed by atoms with Crippen molar-refractivity contribution < 1.29 is 4.79 Å². The average molecular weight is 197 g/mol. The molecule has 1 amide bonds. The molecular weight excluding hydrogens is 182 g/mol. The van der Waals surface area contributed by atoms with E-state index >= 15 is 0 Å². The van der Waals surface area contributed by atoms with Gasteiger partial charge in [0.1, 0.15) is 0 Å². The number of rotatable bonds is 3. The molecule has 0 aromatic carbocycles. The number of tetrazole rings is 1. The number of hydrogen-bond acceptors (Lipinski definition) is 4. The van der Waals surface area contributed by atoms with Gasteiger partial charge in [-0.3, -0.25) is 4.79 Å². The Labute approximate surface area is 82.5 Å². The summed E-state index contributed by atoms with van der Waals surface area (Å²) in [7, 11) is 0. The van der Waals surface area contributed by atoms with E-state index in [0.717, 1.165) is 0 Å². The second-order valence-electron chi connectivity index (χ2n) is 4.08. The van der Waals surface area contributed by atoms with E-state index in [1.165, 1.54) is 0 Å². The van der Waals surface area contributed by atoms with Gasteiger partial charge in [0, 0.05) is 18.4 Å². The van der Waals surface area contributed by atoms with Crippen molar-refractivity contribution in [3.05, 3.63) is 5.82 Å². The van der Waals surface area contributed by atoms with Crippen molar-refractivity contribution in [1.29, 1.82) is 0 Å². The Balaban J connectivity index is 2.26. The summed E-state index contributed by atoms with van der Waals surface area (Å²) in [6.07, 6.45) is 0.596. The highest BCUT2D eigenvalue weighted by molar-refractivity contribution is 5.81. The van der Waals surface area contributed by atoms with Crippen LogP contribution in [0, 0.1) is 5.41 Å². The minimum atomic E-state index is -0.350. The first-order valence-electron chi connectivity index (χ1n) is 4.51. The van der Waals surface area contributed by atoms with Crippen LogP contribution in [0.5, 0.6) is 0 Å². The maximum atomic E-state index is 11.4. The van der Waals surface area contributed by atoms with Crippen molar-refractivity contribution in [3.8, 4) is 0 Å². The maximum absolute atomic E-state index is 11.4. The molecule has 0 saturated carbocycles. The molecule has 0 radical (unpaired) electrons. The maximum Gasteiger partial charge on any atom is 0.225 e. The summed E-state index contributed by atoms with van der Waals surface area (Å²) in [5, 5.41) is 16.1. The Morgan fingerprint density at radius 2 is 2.21 bits per heavy atom. The Kier molecular flexibility index (Phi) is 3.16. The van der Waals surface area contributed by atoms with E-state index in [9.17, 15) is 4.79 Å². The highest BCUT2D eigenvalue weighted by atomic mass is 16.2. The van der Waals surface area contributed by atoms with E-state index in [4.69, 9.17) is 0 Å². The molecule has 6 heteroatoms. The van der Waals surface area contributed by atoms with Crippen LogP contribution in [0.25, 0.3) is 0 Å². The Bertz CT molecular complexity index is 287. The van der Waals surface area contributed by atoms with Crippen molar-refractivity contribution in [2.75, 3.05) is 6.54 Å². The third kappa shape index (κ3) is 3.12. The van der Waals surface area contributed by atoms with Crippen LogP contribution in [0.1, 0.15) is 26.6 Å². The summed E-state index contributed by atoms with van der Waals surface area (Å²) < 4.78 is 0. The molecule has 0 spiro atoms. The molecule has 1 rings (SSSR count). The van der Waals surface area contributed by atoms with Gasteiger partial charge in [-0.05, 0) is 0 Å². The van der Waals surface area contributed by atoms with Crippen molar-refractivity contribution in [2.24, 2.45) is 5.41 Å². The van der Waals surface area contributed by atoms with Gasteiger partial charge in [-0.15, -0.1) is 10.2 Å². The lowest BCUT2D eigenvalue weighted by Crippen LogP contribution is -2.36.